The Hall–Kier alpha value is -2.44. The molecular weight excluding hydrogens is 376 g/mol. The van der Waals surface area contributed by atoms with Gasteiger partial charge in [0.25, 0.3) is 0 Å². The lowest BCUT2D eigenvalue weighted by molar-refractivity contribution is -0.134. The topological polar surface area (TPSA) is 48.9 Å². The number of ether oxygens (including phenoxy) is 1. The smallest absolute Gasteiger partial charge is 0.237 e. The normalized spacial score (nSPS) is 19.8. The van der Waals surface area contributed by atoms with Crippen molar-refractivity contribution in [1.29, 1.82) is 0 Å². The number of amides is 1. The highest BCUT2D eigenvalue weighted by Crippen LogP contribution is 2.19. The first-order valence-corrected chi connectivity index (χ1v) is 11.0. The number of nitrogens with zero attached hydrogens (tertiary/aromatic N) is 4. The van der Waals surface area contributed by atoms with Gasteiger partial charge in [0.15, 0.2) is 0 Å². The lowest BCUT2D eigenvalue weighted by Gasteiger charge is -2.37. The van der Waals surface area contributed by atoms with Gasteiger partial charge < -0.3 is 14.5 Å². The predicted molar refractivity (Wildman–Crippen MR) is 118 cm³/mol. The molecule has 1 amide bonds. The minimum absolute atomic E-state index is 0.149. The summed E-state index contributed by atoms with van der Waals surface area (Å²) in [7, 11) is 0. The predicted octanol–water partition coefficient (Wildman–Crippen LogP) is 2.72. The summed E-state index contributed by atoms with van der Waals surface area (Å²) < 4.78 is 5.80. The monoisotopic (exact) mass is 408 g/mol. The van der Waals surface area contributed by atoms with Crippen molar-refractivity contribution in [3.8, 4) is 0 Å². The first kappa shape index (κ1) is 20.8. The number of aryl methyl sites for hydroxylation is 1. The fourth-order valence-corrected chi connectivity index (χ4v) is 4.26. The Morgan fingerprint density at radius 1 is 1.17 bits per heavy atom. The largest absolute Gasteiger partial charge is 0.376 e. The van der Waals surface area contributed by atoms with Crippen LogP contribution in [0.2, 0.25) is 0 Å². The van der Waals surface area contributed by atoms with E-state index < -0.39 is 0 Å². The van der Waals surface area contributed by atoms with E-state index in [0.29, 0.717) is 19.6 Å². The van der Waals surface area contributed by atoms with Crippen molar-refractivity contribution in [3.63, 3.8) is 0 Å². The quantitative estimate of drug-likeness (QED) is 0.705. The number of benzene rings is 1. The Labute approximate surface area is 179 Å². The molecule has 1 atom stereocenters. The third-order valence-corrected chi connectivity index (χ3v) is 5.98. The van der Waals surface area contributed by atoms with E-state index in [-0.39, 0.29) is 12.0 Å². The lowest BCUT2D eigenvalue weighted by atomic mass is 10.2. The first-order valence-electron chi connectivity index (χ1n) is 11.0. The number of piperazine rings is 1. The standard InChI is InChI=1S/C24H32N4O2/c1-20-6-4-8-22(16-20)27-13-11-26(12-14-27)19-24(29)28(18-23-9-5-15-30-23)17-21-7-2-3-10-25-21/h2-4,6-8,10,16,23H,5,9,11-15,17-19H2,1H3. The first-order chi connectivity index (χ1) is 14.7. The van der Waals surface area contributed by atoms with E-state index in [2.05, 4.69) is 46.0 Å². The van der Waals surface area contributed by atoms with Crippen molar-refractivity contribution in [2.45, 2.75) is 32.4 Å². The molecule has 1 unspecified atom stereocenters. The van der Waals surface area contributed by atoms with E-state index in [1.807, 2.05) is 23.1 Å². The Morgan fingerprint density at radius 3 is 2.73 bits per heavy atom. The van der Waals surface area contributed by atoms with Gasteiger partial charge in [-0.15, -0.1) is 0 Å². The summed E-state index contributed by atoms with van der Waals surface area (Å²) in [6, 6.07) is 14.5. The van der Waals surface area contributed by atoms with Gasteiger partial charge in [-0.05, 0) is 49.6 Å². The van der Waals surface area contributed by atoms with Crippen LogP contribution in [0.5, 0.6) is 0 Å². The summed E-state index contributed by atoms with van der Waals surface area (Å²) in [6.45, 7) is 8.28. The number of hydrogen-bond donors (Lipinski definition) is 0. The van der Waals surface area contributed by atoms with E-state index >= 15 is 0 Å². The Morgan fingerprint density at radius 2 is 2.03 bits per heavy atom. The van der Waals surface area contributed by atoms with Crippen LogP contribution in [-0.4, -0.2) is 72.7 Å². The zero-order valence-corrected chi connectivity index (χ0v) is 17.9. The Bertz CT molecular complexity index is 815. The molecule has 6 heteroatoms. The highest BCUT2D eigenvalue weighted by molar-refractivity contribution is 5.78. The molecule has 3 heterocycles. The second-order valence-electron chi connectivity index (χ2n) is 8.33. The van der Waals surface area contributed by atoms with Gasteiger partial charge in [0.2, 0.25) is 5.91 Å². The van der Waals surface area contributed by atoms with E-state index in [0.717, 1.165) is 51.3 Å². The molecule has 6 nitrogen and oxygen atoms in total. The molecule has 0 N–H and O–H groups in total. The molecule has 0 saturated carbocycles. The molecule has 2 aliphatic heterocycles. The fraction of sp³-hybridized carbons (Fsp3) is 0.500. The summed E-state index contributed by atoms with van der Waals surface area (Å²) in [4.78, 5) is 24.2. The summed E-state index contributed by atoms with van der Waals surface area (Å²) >= 11 is 0. The molecule has 0 bridgehead atoms. The molecule has 0 spiro atoms. The van der Waals surface area contributed by atoms with Gasteiger partial charge in [-0.3, -0.25) is 14.7 Å². The van der Waals surface area contributed by atoms with Crippen LogP contribution in [0.3, 0.4) is 0 Å². The van der Waals surface area contributed by atoms with Gasteiger partial charge in [0, 0.05) is 51.2 Å². The number of pyridine rings is 1. The number of carbonyl (C=O) groups excluding carboxylic acids is 1. The average Bonchev–Trinajstić information content (AvgIpc) is 3.28. The van der Waals surface area contributed by atoms with Gasteiger partial charge in [-0.1, -0.05) is 18.2 Å². The van der Waals surface area contributed by atoms with Gasteiger partial charge in [0.05, 0.1) is 24.9 Å². The number of anilines is 1. The van der Waals surface area contributed by atoms with Crippen LogP contribution in [0.15, 0.2) is 48.7 Å². The highest BCUT2D eigenvalue weighted by Gasteiger charge is 2.26. The van der Waals surface area contributed by atoms with E-state index in [1.165, 1.54) is 11.3 Å². The fourth-order valence-electron chi connectivity index (χ4n) is 4.26. The van der Waals surface area contributed by atoms with Gasteiger partial charge in [-0.2, -0.15) is 0 Å². The molecule has 2 aliphatic rings. The second kappa shape index (κ2) is 10.0. The minimum Gasteiger partial charge on any atom is -0.376 e. The number of aromatic nitrogens is 1. The van der Waals surface area contributed by atoms with Gasteiger partial charge >= 0.3 is 0 Å². The van der Waals surface area contributed by atoms with Crippen LogP contribution in [0, 0.1) is 6.92 Å². The number of hydrogen-bond acceptors (Lipinski definition) is 5. The van der Waals surface area contributed by atoms with Crippen molar-refractivity contribution < 1.29 is 9.53 Å². The highest BCUT2D eigenvalue weighted by atomic mass is 16.5. The molecule has 2 saturated heterocycles. The van der Waals surface area contributed by atoms with Crippen LogP contribution < -0.4 is 4.90 Å². The summed E-state index contributed by atoms with van der Waals surface area (Å²) in [5.41, 5.74) is 3.48. The van der Waals surface area contributed by atoms with Crippen LogP contribution in [0.25, 0.3) is 0 Å². The molecule has 160 valence electrons. The van der Waals surface area contributed by atoms with Crippen LogP contribution >= 0.6 is 0 Å². The summed E-state index contributed by atoms with van der Waals surface area (Å²) in [5.74, 6) is 0.167. The molecule has 1 aromatic carbocycles. The van der Waals surface area contributed by atoms with Crippen molar-refractivity contribution in [2.24, 2.45) is 0 Å². The lowest BCUT2D eigenvalue weighted by Crippen LogP contribution is -2.50. The zero-order chi connectivity index (χ0) is 20.8. The minimum atomic E-state index is 0.149. The van der Waals surface area contributed by atoms with Crippen LogP contribution in [0.1, 0.15) is 24.1 Å². The number of carbonyl (C=O) groups is 1. The third-order valence-electron chi connectivity index (χ3n) is 5.98. The number of rotatable bonds is 7. The van der Waals surface area contributed by atoms with E-state index in [9.17, 15) is 4.79 Å². The van der Waals surface area contributed by atoms with E-state index in [4.69, 9.17) is 4.74 Å². The van der Waals surface area contributed by atoms with Gasteiger partial charge in [0.1, 0.15) is 0 Å². The third kappa shape index (κ3) is 5.58. The SMILES string of the molecule is Cc1cccc(N2CCN(CC(=O)N(Cc3ccccn3)CC3CCCO3)CC2)c1. The maximum absolute atomic E-state index is 13.2. The molecular formula is C24H32N4O2. The molecule has 2 aromatic rings. The Kier molecular flexibility index (Phi) is 6.97. The maximum atomic E-state index is 13.2. The summed E-state index contributed by atoms with van der Waals surface area (Å²) in [6.07, 6.45) is 4.04. The van der Waals surface area contributed by atoms with Crippen molar-refractivity contribution in [2.75, 3.05) is 50.8 Å². The van der Waals surface area contributed by atoms with Gasteiger partial charge in [-0.25, -0.2) is 0 Å². The second-order valence-corrected chi connectivity index (χ2v) is 8.33. The molecule has 1 aromatic heterocycles. The summed E-state index contributed by atoms with van der Waals surface area (Å²) in [5, 5.41) is 0. The van der Waals surface area contributed by atoms with Crippen LogP contribution in [0.4, 0.5) is 5.69 Å². The molecule has 4 rings (SSSR count). The Balaban J connectivity index is 1.33. The van der Waals surface area contributed by atoms with Crippen molar-refractivity contribution in [1.82, 2.24) is 14.8 Å². The van der Waals surface area contributed by atoms with E-state index in [1.54, 1.807) is 6.20 Å². The maximum Gasteiger partial charge on any atom is 0.237 e. The molecule has 0 aliphatic carbocycles. The molecule has 30 heavy (non-hydrogen) atoms. The van der Waals surface area contributed by atoms with Crippen molar-refractivity contribution in [3.05, 3.63) is 59.9 Å². The van der Waals surface area contributed by atoms with Crippen molar-refractivity contribution >= 4 is 11.6 Å². The molecule has 0 radical (unpaired) electrons. The average molecular weight is 409 g/mol. The molecule has 2 fully saturated rings. The van der Waals surface area contributed by atoms with Crippen LogP contribution in [-0.2, 0) is 16.1 Å². The zero-order valence-electron chi connectivity index (χ0n) is 17.9.